The number of nitrogens with one attached hydrogen (secondary N) is 3. The quantitative estimate of drug-likeness (QED) is 0.588. The Hall–Kier alpha value is -3.15. The molecule has 29 heavy (non-hydrogen) atoms. The van der Waals surface area contributed by atoms with E-state index in [9.17, 15) is 14.0 Å². The molecule has 0 bridgehead atoms. The molecule has 0 atom stereocenters. The van der Waals surface area contributed by atoms with Crippen molar-refractivity contribution in [2.24, 2.45) is 0 Å². The van der Waals surface area contributed by atoms with Gasteiger partial charge in [0.15, 0.2) is 0 Å². The number of benzene rings is 2. The first-order chi connectivity index (χ1) is 14.0. The van der Waals surface area contributed by atoms with Crippen LogP contribution in [0.25, 0.3) is 10.9 Å². The second-order valence-electron chi connectivity index (χ2n) is 7.68. The lowest BCUT2D eigenvalue weighted by atomic mass is 9.95. The van der Waals surface area contributed by atoms with Crippen molar-refractivity contribution in [3.05, 3.63) is 65.1 Å². The van der Waals surface area contributed by atoms with Crippen LogP contribution in [0.5, 0.6) is 0 Å². The van der Waals surface area contributed by atoms with E-state index in [2.05, 4.69) is 15.6 Å². The van der Waals surface area contributed by atoms with Crippen LogP contribution in [-0.4, -0.2) is 22.8 Å². The Bertz CT molecular complexity index is 1070. The molecule has 4 rings (SSSR count). The lowest BCUT2D eigenvalue weighted by Gasteiger charge is -2.23. The van der Waals surface area contributed by atoms with Gasteiger partial charge in [-0.2, -0.15) is 0 Å². The van der Waals surface area contributed by atoms with E-state index in [1.807, 2.05) is 6.92 Å². The zero-order valence-corrected chi connectivity index (χ0v) is 16.3. The standard InChI is InChI=1S/C23H24FN3O2/c1-14-12-15(22(28)25-16-6-3-2-4-7-16)10-11-19(14)27-23(29)21-13-17-18(24)8-5-9-20(17)26-21/h5,8-13,16,26H,2-4,6-7H2,1H3,(H,25,28)(H,27,29). The number of aromatic amines is 1. The van der Waals surface area contributed by atoms with E-state index in [0.717, 1.165) is 31.2 Å². The van der Waals surface area contributed by atoms with Gasteiger partial charge in [-0.25, -0.2) is 4.39 Å². The maximum absolute atomic E-state index is 13.9. The molecule has 0 saturated heterocycles. The minimum Gasteiger partial charge on any atom is -0.350 e. The normalized spacial score (nSPS) is 14.7. The molecule has 3 N–H and O–H groups in total. The van der Waals surface area contributed by atoms with Gasteiger partial charge in [-0.15, -0.1) is 0 Å². The zero-order chi connectivity index (χ0) is 20.4. The molecule has 0 unspecified atom stereocenters. The van der Waals surface area contributed by atoms with Crippen LogP contribution in [0.1, 0.15) is 58.5 Å². The van der Waals surface area contributed by atoms with Crippen molar-refractivity contribution >= 4 is 28.4 Å². The fourth-order valence-corrected chi connectivity index (χ4v) is 3.89. The molecule has 2 aromatic carbocycles. The summed E-state index contributed by atoms with van der Waals surface area (Å²) in [6.07, 6.45) is 5.62. The van der Waals surface area contributed by atoms with Gasteiger partial charge in [-0.1, -0.05) is 25.3 Å². The third-order valence-corrected chi connectivity index (χ3v) is 5.53. The lowest BCUT2D eigenvalue weighted by molar-refractivity contribution is 0.0927. The SMILES string of the molecule is Cc1cc(C(=O)NC2CCCCC2)ccc1NC(=O)c1cc2c(F)cccc2[nH]1. The summed E-state index contributed by atoms with van der Waals surface area (Å²) in [6, 6.07) is 11.6. The fraction of sp³-hybridized carbons (Fsp3) is 0.304. The molecule has 1 saturated carbocycles. The summed E-state index contributed by atoms with van der Waals surface area (Å²) < 4.78 is 13.9. The predicted octanol–water partition coefficient (Wildman–Crippen LogP) is 4.93. The number of carbonyl (C=O) groups is 2. The molecule has 1 aromatic heterocycles. The average Bonchev–Trinajstić information content (AvgIpc) is 3.16. The second-order valence-corrected chi connectivity index (χ2v) is 7.68. The first-order valence-corrected chi connectivity index (χ1v) is 10.0. The molecule has 3 aromatic rings. The van der Waals surface area contributed by atoms with E-state index < -0.39 is 0 Å². The molecule has 0 radical (unpaired) electrons. The van der Waals surface area contributed by atoms with Gasteiger partial charge in [0.25, 0.3) is 11.8 Å². The van der Waals surface area contributed by atoms with Gasteiger partial charge in [0.1, 0.15) is 11.5 Å². The molecular weight excluding hydrogens is 369 g/mol. The molecule has 1 aliphatic carbocycles. The first kappa shape index (κ1) is 19.2. The predicted molar refractivity (Wildman–Crippen MR) is 112 cm³/mol. The molecule has 150 valence electrons. The fourth-order valence-electron chi connectivity index (χ4n) is 3.89. The number of carbonyl (C=O) groups excluding carboxylic acids is 2. The molecule has 1 heterocycles. The summed E-state index contributed by atoms with van der Waals surface area (Å²) >= 11 is 0. The molecule has 2 amide bonds. The molecule has 5 nitrogen and oxygen atoms in total. The Morgan fingerprint density at radius 3 is 2.55 bits per heavy atom. The van der Waals surface area contributed by atoms with E-state index in [-0.39, 0.29) is 29.4 Å². The Balaban J connectivity index is 1.46. The largest absolute Gasteiger partial charge is 0.350 e. The highest BCUT2D eigenvalue weighted by molar-refractivity contribution is 6.06. The molecule has 0 spiro atoms. The van der Waals surface area contributed by atoms with Gasteiger partial charge in [-0.3, -0.25) is 9.59 Å². The van der Waals surface area contributed by atoms with Gasteiger partial charge >= 0.3 is 0 Å². The number of amides is 2. The van der Waals surface area contributed by atoms with Crippen molar-refractivity contribution in [2.75, 3.05) is 5.32 Å². The van der Waals surface area contributed by atoms with Crippen molar-refractivity contribution in [3.63, 3.8) is 0 Å². The summed E-state index contributed by atoms with van der Waals surface area (Å²) in [5.74, 6) is -0.811. The van der Waals surface area contributed by atoms with Gasteiger partial charge in [0, 0.05) is 28.2 Å². The maximum atomic E-state index is 13.9. The van der Waals surface area contributed by atoms with Crippen molar-refractivity contribution in [2.45, 2.75) is 45.1 Å². The van der Waals surface area contributed by atoms with Crippen molar-refractivity contribution in [1.29, 1.82) is 0 Å². The Kier molecular flexibility index (Phi) is 5.34. The Morgan fingerprint density at radius 1 is 1.03 bits per heavy atom. The van der Waals surface area contributed by atoms with E-state index in [4.69, 9.17) is 0 Å². The number of H-pyrrole nitrogens is 1. The van der Waals surface area contributed by atoms with Crippen LogP contribution >= 0.6 is 0 Å². The van der Waals surface area contributed by atoms with E-state index in [1.165, 1.54) is 18.6 Å². The summed E-state index contributed by atoms with van der Waals surface area (Å²) in [7, 11) is 0. The number of aromatic nitrogens is 1. The number of fused-ring (bicyclic) bond motifs is 1. The third kappa shape index (κ3) is 4.16. The van der Waals surface area contributed by atoms with E-state index >= 15 is 0 Å². The Morgan fingerprint density at radius 2 is 1.83 bits per heavy atom. The molecule has 1 fully saturated rings. The average molecular weight is 393 g/mol. The summed E-state index contributed by atoms with van der Waals surface area (Å²) in [6.45, 7) is 1.85. The smallest absolute Gasteiger partial charge is 0.272 e. The molecule has 1 aliphatic rings. The third-order valence-electron chi connectivity index (χ3n) is 5.53. The van der Waals surface area contributed by atoms with Crippen LogP contribution in [0, 0.1) is 12.7 Å². The lowest BCUT2D eigenvalue weighted by Crippen LogP contribution is -2.36. The van der Waals surface area contributed by atoms with Gasteiger partial charge < -0.3 is 15.6 Å². The highest BCUT2D eigenvalue weighted by atomic mass is 19.1. The summed E-state index contributed by atoms with van der Waals surface area (Å²) in [4.78, 5) is 28.0. The van der Waals surface area contributed by atoms with Crippen molar-refractivity contribution in [1.82, 2.24) is 10.3 Å². The number of hydrogen-bond donors (Lipinski definition) is 3. The maximum Gasteiger partial charge on any atom is 0.272 e. The summed E-state index contributed by atoms with van der Waals surface area (Å²) in [5.41, 5.74) is 2.84. The Labute approximate surface area is 168 Å². The minimum absolute atomic E-state index is 0.0797. The molecule has 6 heteroatoms. The highest BCUT2D eigenvalue weighted by Gasteiger charge is 2.18. The molecular formula is C23H24FN3O2. The minimum atomic E-state index is -0.373. The number of anilines is 1. The number of rotatable bonds is 4. The van der Waals surface area contributed by atoms with Crippen molar-refractivity contribution in [3.8, 4) is 0 Å². The second kappa shape index (κ2) is 8.07. The van der Waals surface area contributed by atoms with Crippen LogP contribution < -0.4 is 10.6 Å². The first-order valence-electron chi connectivity index (χ1n) is 10.0. The molecule has 0 aliphatic heterocycles. The van der Waals surface area contributed by atoms with E-state index in [0.29, 0.717) is 22.2 Å². The van der Waals surface area contributed by atoms with Crippen LogP contribution in [-0.2, 0) is 0 Å². The van der Waals surface area contributed by atoms with Crippen LogP contribution in [0.2, 0.25) is 0 Å². The van der Waals surface area contributed by atoms with Gasteiger partial charge in [0.2, 0.25) is 0 Å². The monoisotopic (exact) mass is 393 g/mol. The highest BCUT2D eigenvalue weighted by Crippen LogP contribution is 2.22. The number of halogens is 1. The van der Waals surface area contributed by atoms with E-state index in [1.54, 1.807) is 30.3 Å². The van der Waals surface area contributed by atoms with Gasteiger partial charge in [-0.05, 0) is 61.7 Å². The summed E-state index contributed by atoms with van der Waals surface area (Å²) in [5, 5.41) is 6.31. The number of aryl methyl sites for hydroxylation is 1. The van der Waals surface area contributed by atoms with Gasteiger partial charge in [0.05, 0.1) is 0 Å². The van der Waals surface area contributed by atoms with Crippen molar-refractivity contribution < 1.29 is 14.0 Å². The van der Waals surface area contributed by atoms with Crippen LogP contribution in [0.3, 0.4) is 0 Å². The zero-order valence-electron chi connectivity index (χ0n) is 16.3. The number of hydrogen-bond acceptors (Lipinski definition) is 2. The van der Waals surface area contributed by atoms with Crippen LogP contribution in [0.15, 0.2) is 42.5 Å². The topological polar surface area (TPSA) is 74.0 Å². The van der Waals surface area contributed by atoms with Crippen LogP contribution in [0.4, 0.5) is 10.1 Å².